The number of carbonyl (C=O) groups is 1. The predicted molar refractivity (Wildman–Crippen MR) is 71.9 cm³/mol. The van der Waals surface area contributed by atoms with Crippen LogP contribution in [-0.2, 0) is 5.75 Å². The van der Waals surface area contributed by atoms with Gasteiger partial charge in [-0.15, -0.1) is 11.8 Å². The van der Waals surface area contributed by atoms with Gasteiger partial charge in [-0.2, -0.15) is 0 Å². The monoisotopic (exact) mass is 259 g/mol. The third-order valence-corrected chi connectivity index (χ3v) is 3.60. The normalized spacial score (nSPS) is 10.3. The molecule has 1 aromatic heterocycles. The highest BCUT2D eigenvalue weighted by Crippen LogP contribution is 2.22. The van der Waals surface area contributed by atoms with Crippen molar-refractivity contribution in [3.8, 4) is 0 Å². The number of nitrogens with zero attached hydrogens (tertiary/aromatic N) is 1. The van der Waals surface area contributed by atoms with Gasteiger partial charge in [0.2, 0.25) is 0 Å². The maximum Gasteiger partial charge on any atom is 0.335 e. The van der Waals surface area contributed by atoms with Crippen LogP contribution in [-0.4, -0.2) is 16.1 Å². The molecule has 0 aliphatic rings. The van der Waals surface area contributed by atoms with Gasteiger partial charge >= 0.3 is 5.97 Å². The van der Waals surface area contributed by atoms with E-state index in [0.29, 0.717) is 5.56 Å². The molecular formula is C14H13NO2S. The van der Waals surface area contributed by atoms with Crippen molar-refractivity contribution >= 4 is 17.7 Å². The lowest BCUT2D eigenvalue weighted by Crippen LogP contribution is -1.98. The quantitative estimate of drug-likeness (QED) is 0.855. The van der Waals surface area contributed by atoms with Crippen LogP contribution in [0.25, 0.3) is 0 Å². The number of carboxylic acid groups (broad SMARTS) is 1. The van der Waals surface area contributed by atoms with Crippen LogP contribution in [0.5, 0.6) is 0 Å². The maximum absolute atomic E-state index is 10.8. The Morgan fingerprint density at radius 2 is 2.17 bits per heavy atom. The van der Waals surface area contributed by atoms with Crippen molar-refractivity contribution < 1.29 is 9.90 Å². The summed E-state index contributed by atoms with van der Waals surface area (Å²) in [5.74, 6) is -0.0926. The van der Waals surface area contributed by atoms with Gasteiger partial charge < -0.3 is 5.11 Å². The molecule has 4 heteroatoms. The van der Waals surface area contributed by atoms with Gasteiger partial charge in [0.15, 0.2) is 0 Å². The number of benzene rings is 1. The lowest BCUT2D eigenvalue weighted by atomic mass is 10.1. The average Bonchev–Trinajstić information content (AvgIpc) is 2.38. The number of aromatic nitrogens is 1. The highest BCUT2D eigenvalue weighted by Gasteiger charge is 2.06. The average molecular weight is 259 g/mol. The molecule has 3 nitrogen and oxygen atoms in total. The van der Waals surface area contributed by atoms with E-state index in [2.05, 4.69) is 4.98 Å². The van der Waals surface area contributed by atoms with Crippen LogP contribution in [0.2, 0.25) is 0 Å². The van der Waals surface area contributed by atoms with E-state index in [0.717, 1.165) is 21.9 Å². The van der Waals surface area contributed by atoms with Gasteiger partial charge in [-0.25, -0.2) is 9.78 Å². The molecule has 0 bridgehead atoms. The number of aromatic carboxylic acids is 1. The standard InChI is InChI=1S/C14H13NO2S/c1-10-8-11(14(16)17)5-6-12(10)9-18-13-4-2-3-7-15-13/h2-8H,9H2,1H3,(H,16,17). The Labute approximate surface area is 110 Å². The number of thioether (sulfide) groups is 1. The molecule has 18 heavy (non-hydrogen) atoms. The van der Waals surface area contributed by atoms with Crippen molar-refractivity contribution in [1.29, 1.82) is 0 Å². The Balaban J connectivity index is 2.08. The second-order valence-electron chi connectivity index (χ2n) is 3.90. The van der Waals surface area contributed by atoms with Crippen LogP contribution in [0.3, 0.4) is 0 Å². The van der Waals surface area contributed by atoms with Crippen LogP contribution in [0, 0.1) is 6.92 Å². The summed E-state index contributed by atoms with van der Waals surface area (Å²) in [4.78, 5) is 15.1. The van der Waals surface area contributed by atoms with Crippen LogP contribution in [0.4, 0.5) is 0 Å². The van der Waals surface area contributed by atoms with Gasteiger partial charge in [-0.3, -0.25) is 0 Å². The molecular weight excluding hydrogens is 246 g/mol. The molecule has 2 aromatic rings. The summed E-state index contributed by atoms with van der Waals surface area (Å²) < 4.78 is 0. The molecule has 0 aliphatic heterocycles. The second-order valence-corrected chi connectivity index (χ2v) is 4.90. The highest BCUT2D eigenvalue weighted by molar-refractivity contribution is 7.98. The summed E-state index contributed by atoms with van der Waals surface area (Å²) in [5, 5.41) is 9.86. The Morgan fingerprint density at radius 1 is 1.33 bits per heavy atom. The van der Waals surface area contributed by atoms with E-state index >= 15 is 0 Å². The molecule has 0 radical (unpaired) electrons. The topological polar surface area (TPSA) is 50.2 Å². The third kappa shape index (κ3) is 3.11. The van der Waals surface area contributed by atoms with E-state index in [1.807, 2.05) is 31.2 Å². The van der Waals surface area contributed by atoms with Crippen molar-refractivity contribution in [1.82, 2.24) is 4.98 Å². The minimum Gasteiger partial charge on any atom is -0.478 e. The van der Waals surface area contributed by atoms with Crippen molar-refractivity contribution in [2.45, 2.75) is 17.7 Å². The Hall–Kier alpha value is -1.81. The second kappa shape index (κ2) is 5.69. The van der Waals surface area contributed by atoms with Crippen LogP contribution >= 0.6 is 11.8 Å². The predicted octanol–water partition coefficient (Wildman–Crippen LogP) is 3.38. The third-order valence-electron chi connectivity index (χ3n) is 2.60. The zero-order valence-electron chi connectivity index (χ0n) is 9.96. The molecule has 0 unspecified atom stereocenters. The van der Waals surface area contributed by atoms with Crippen molar-refractivity contribution in [2.24, 2.45) is 0 Å². The summed E-state index contributed by atoms with van der Waals surface area (Å²) in [6.07, 6.45) is 1.77. The molecule has 0 saturated carbocycles. The van der Waals surface area contributed by atoms with E-state index in [4.69, 9.17) is 5.11 Å². The Kier molecular flexibility index (Phi) is 3.99. The highest BCUT2D eigenvalue weighted by atomic mass is 32.2. The number of hydrogen-bond acceptors (Lipinski definition) is 3. The smallest absolute Gasteiger partial charge is 0.335 e. The summed E-state index contributed by atoms with van der Waals surface area (Å²) in [5.41, 5.74) is 2.47. The number of pyridine rings is 1. The van der Waals surface area contributed by atoms with Gasteiger partial charge in [0.1, 0.15) is 0 Å². The molecule has 1 aromatic carbocycles. The SMILES string of the molecule is Cc1cc(C(=O)O)ccc1CSc1ccccn1. The van der Waals surface area contributed by atoms with Gasteiger partial charge in [-0.1, -0.05) is 12.1 Å². The van der Waals surface area contributed by atoms with Gasteiger partial charge in [0, 0.05) is 11.9 Å². The zero-order chi connectivity index (χ0) is 13.0. The molecule has 0 saturated heterocycles. The summed E-state index contributed by atoms with van der Waals surface area (Å²) in [6.45, 7) is 1.93. The Bertz CT molecular complexity index is 555. The van der Waals surface area contributed by atoms with E-state index < -0.39 is 5.97 Å². The van der Waals surface area contributed by atoms with Crippen LogP contribution in [0.15, 0.2) is 47.6 Å². The molecule has 0 fully saturated rings. The van der Waals surface area contributed by atoms with E-state index in [9.17, 15) is 4.79 Å². The Morgan fingerprint density at radius 3 is 2.78 bits per heavy atom. The number of rotatable bonds is 4. The molecule has 0 aliphatic carbocycles. The zero-order valence-corrected chi connectivity index (χ0v) is 10.8. The van der Waals surface area contributed by atoms with Crippen molar-refractivity contribution in [3.63, 3.8) is 0 Å². The molecule has 0 spiro atoms. The maximum atomic E-state index is 10.8. The first-order valence-corrected chi connectivity index (χ1v) is 6.52. The van der Waals surface area contributed by atoms with Gasteiger partial charge in [0.05, 0.1) is 10.6 Å². The van der Waals surface area contributed by atoms with Crippen LogP contribution in [0.1, 0.15) is 21.5 Å². The fraction of sp³-hybridized carbons (Fsp3) is 0.143. The number of aryl methyl sites for hydroxylation is 1. The summed E-state index contributed by atoms with van der Waals surface area (Å²) in [7, 11) is 0. The van der Waals surface area contributed by atoms with Crippen LogP contribution < -0.4 is 0 Å². The number of carboxylic acids is 1. The van der Waals surface area contributed by atoms with Gasteiger partial charge in [-0.05, 0) is 42.3 Å². The lowest BCUT2D eigenvalue weighted by Gasteiger charge is -2.06. The molecule has 92 valence electrons. The fourth-order valence-corrected chi connectivity index (χ4v) is 2.51. The van der Waals surface area contributed by atoms with E-state index in [-0.39, 0.29) is 0 Å². The molecule has 1 N–H and O–H groups in total. The number of hydrogen-bond donors (Lipinski definition) is 1. The van der Waals surface area contributed by atoms with Crippen molar-refractivity contribution in [2.75, 3.05) is 0 Å². The first kappa shape index (κ1) is 12.6. The van der Waals surface area contributed by atoms with Gasteiger partial charge in [0.25, 0.3) is 0 Å². The molecule has 2 rings (SSSR count). The summed E-state index contributed by atoms with van der Waals surface area (Å²) in [6, 6.07) is 11.0. The minimum absolute atomic E-state index is 0.332. The largest absolute Gasteiger partial charge is 0.478 e. The summed E-state index contributed by atoms with van der Waals surface area (Å²) >= 11 is 1.64. The fourth-order valence-electron chi connectivity index (χ4n) is 1.58. The first-order valence-electron chi connectivity index (χ1n) is 5.53. The molecule has 0 atom stereocenters. The minimum atomic E-state index is -0.887. The van der Waals surface area contributed by atoms with E-state index in [1.54, 1.807) is 30.1 Å². The molecule has 0 amide bonds. The lowest BCUT2D eigenvalue weighted by molar-refractivity contribution is 0.0697. The van der Waals surface area contributed by atoms with Crippen molar-refractivity contribution in [3.05, 3.63) is 59.3 Å². The molecule has 1 heterocycles. The van der Waals surface area contributed by atoms with E-state index in [1.165, 1.54) is 0 Å². The first-order chi connectivity index (χ1) is 8.66.